The number of hydrogen-bond acceptors (Lipinski definition) is 2. The van der Waals surface area contributed by atoms with Crippen LogP contribution in [0.2, 0.25) is 0 Å². The predicted octanol–water partition coefficient (Wildman–Crippen LogP) is 2.83. The van der Waals surface area contributed by atoms with Gasteiger partial charge in [-0.05, 0) is 24.1 Å². The van der Waals surface area contributed by atoms with Gasteiger partial charge < -0.3 is 10.8 Å². The van der Waals surface area contributed by atoms with E-state index in [0.29, 0.717) is 0 Å². The molecular weight excluding hydrogens is 162 g/mol. The summed E-state index contributed by atoms with van der Waals surface area (Å²) in [6.07, 6.45) is 0.921. The Balaban J connectivity index is 0.000000671. The Bertz CT molecular complexity index is 218. The summed E-state index contributed by atoms with van der Waals surface area (Å²) in [6, 6.07) is 7.11. The third-order valence-electron chi connectivity index (χ3n) is 1.76. The summed E-state index contributed by atoms with van der Waals surface area (Å²) >= 11 is 0. The minimum absolute atomic E-state index is 0.0931. The van der Waals surface area contributed by atoms with E-state index in [1.807, 2.05) is 32.9 Å². The van der Waals surface area contributed by atoms with E-state index < -0.39 is 0 Å². The van der Waals surface area contributed by atoms with E-state index in [9.17, 15) is 0 Å². The van der Waals surface area contributed by atoms with Crippen LogP contribution in [0.25, 0.3) is 0 Å². The van der Waals surface area contributed by atoms with Crippen LogP contribution >= 0.6 is 0 Å². The molecule has 1 aromatic carbocycles. The van der Waals surface area contributed by atoms with Gasteiger partial charge in [0.05, 0.1) is 0 Å². The van der Waals surface area contributed by atoms with Crippen LogP contribution in [0.5, 0.6) is 5.75 Å². The molecule has 0 aromatic heterocycles. The largest absolute Gasteiger partial charge is 0.508 e. The highest BCUT2D eigenvalue weighted by molar-refractivity contribution is 5.27. The van der Waals surface area contributed by atoms with Crippen molar-refractivity contribution in [1.29, 1.82) is 0 Å². The fourth-order valence-electron chi connectivity index (χ4n) is 0.957. The van der Waals surface area contributed by atoms with Crippen molar-refractivity contribution >= 4 is 0 Å². The van der Waals surface area contributed by atoms with Gasteiger partial charge in [0, 0.05) is 6.04 Å². The molecule has 74 valence electrons. The molecule has 1 rings (SSSR count). The number of phenolic OH excluding ortho intramolecular Hbond substituents is 1. The fraction of sp³-hybridized carbons (Fsp3) is 0.455. The first-order chi connectivity index (χ1) is 6.24. The van der Waals surface area contributed by atoms with Gasteiger partial charge in [-0.25, -0.2) is 0 Å². The van der Waals surface area contributed by atoms with Gasteiger partial charge in [-0.3, -0.25) is 0 Å². The van der Waals surface area contributed by atoms with Gasteiger partial charge in [0.25, 0.3) is 0 Å². The third kappa shape index (κ3) is 3.95. The molecule has 0 aliphatic rings. The number of aromatic hydroxyl groups is 1. The third-order valence-corrected chi connectivity index (χ3v) is 1.76. The first-order valence-electron chi connectivity index (χ1n) is 4.78. The molecule has 1 unspecified atom stereocenters. The van der Waals surface area contributed by atoms with Crippen molar-refractivity contribution in [1.82, 2.24) is 0 Å². The maximum Gasteiger partial charge on any atom is 0.115 e. The van der Waals surface area contributed by atoms with E-state index >= 15 is 0 Å². The van der Waals surface area contributed by atoms with Crippen LogP contribution in [-0.4, -0.2) is 5.11 Å². The number of phenols is 1. The Kier molecular flexibility index (Phi) is 5.98. The lowest BCUT2D eigenvalue weighted by atomic mass is 10.1. The Morgan fingerprint density at radius 1 is 1.23 bits per heavy atom. The molecule has 0 bridgehead atoms. The summed E-state index contributed by atoms with van der Waals surface area (Å²) < 4.78 is 0. The number of benzene rings is 1. The summed E-state index contributed by atoms with van der Waals surface area (Å²) in [4.78, 5) is 0. The van der Waals surface area contributed by atoms with Crippen molar-refractivity contribution in [3.05, 3.63) is 29.8 Å². The lowest BCUT2D eigenvalue weighted by Crippen LogP contribution is -2.07. The zero-order valence-electron chi connectivity index (χ0n) is 8.62. The maximum absolute atomic E-state index is 8.97. The Morgan fingerprint density at radius 3 is 2.08 bits per heavy atom. The maximum atomic E-state index is 8.97. The van der Waals surface area contributed by atoms with Crippen LogP contribution in [0.1, 0.15) is 38.8 Å². The van der Waals surface area contributed by atoms with E-state index in [0.717, 1.165) is 12.0 Å². The zero-order valence-corrected chi connectivity index (χ0v) is 8.62. The fourth-order valence-corrected chi connectivity index (χ4v) is 0.957. The standard InChI is InChI=1S/C9H13NO.C2H6/c1-2-9(10)7-3-5-8(11)6-4-7;1-2/h3-6,9,11H,2,10H2,1H3;1-2H3. The van der Waals surface area contributed by atoms with Crippen LogP contribution in [-0.2, 0) is 0 Å². The molecule has 3 N–H and O–H groups in total. The van der Waals surface area contributed by atoms with Crippen molar-refractivity contribution in [3.63, 3.8) is 0 Å². The van der Waals surface area contributed by atoms with Gasteiger partial charge in [-0.15, -0.1) is 0 Å². The molecule has 0 heterocycles. The molecule has 1 aromatic rings. The normalized spacial score (nSPS) is 11.4. The first-order valence-corrected chi connectivity index (χ1v) is 4.78. The predicted molar refractivity (Wildman–Crippen MR) is 56.7 cm³/mol. The molecule has 0 amide bonds. The molecule has 0 saturated heterocycles. The highest BCUT2D eigenvalue weighted by atomic mass is 16.3. The number of rotatable bonds is 2. The molecule has 2 nitrogen and oxygen atoms in total. The van der Waals surface area contributed by atoms with Crippen molar-refractivity contribution in [3.8, 4) is 5.75 Å². The zero-order chi connectivity index (χ0) is 10.3. The second kappa shape index (κ2) is 6.49. The molecule has 13 heavy (non-hydrogen) atoms. The van der Waals surface area contributed by atoms with E-state index in [2.05, 4.69) is 0 Å². The van der Waals surface area contributed by atoms with Crippen molar-refractivity contribution in [2.24, 2.45) is 5.73 Å². The van der Waals surface area contributed by atoms with Gasteiger partial charge in [0.1, 0.15) is 5.75 Å². The van der Waals surface area contributed by atoms with Crippen LogP contribution in [0.4, 0.5) is 0 Å². The summed E-state index contributed by atoms with van der Waals surface area (Å²) in [5.74, 6) is 0.289. The molecule has 0 aliphatic carbocycles. The van der Waals surface area contributed by atoms with Crippen LogP contribution in [0.15, 0.2) is 24.3 Å². The van der Waals surface area contributed by atoms with Crippen molar-refractivity contribution < 1.29 is 5.11 Å². The molecule has 0 radical (unpaired) electrons. The number of nitrogens with two attached hydrogens (primary N) is 1. The SMILES string of the molecule is CC.CCC(N)c1ccc(O)cc1. The number of hydrogen-bond donors (Lipinski definition) is 2. The van der Waals surface area contributed by atoms with Gasteiger partial charge in [-0.1, -0.05) is 32.9 Å². The summed E-state index contributed by atoms with van der Waals surface area (Å²) in [7, 11) is 0. The summed E-state index contributed by atoms with van der Waals surface area (Å²) in [5.41, 5.74) is 6.84. The van der Waals surface area contributed by atoms with Gasteiger partial charge >= 0.3 is 0 Å². The molecule has 0 fully saturated rings. The van der Waals surface area contributed by atoms with E-state index in [1.54, 1.807) is 12.1 Å². The second-order valence-electron chi connectivity index (χ2n) is 2.61. The van der Waals surface area contributed by atoms with E-state index in [4.69, 9.17) is 10.8 Å². The monoisotopic (exact) mass is 181 g/mol. The van der Waals surface area contributed by atoms with E-state index in [-0.39, 0.29) is 11.8 Å². The average molecular weight is 181 g/mol. The van der Waals surface area contributed by atoms with E-state index in [1.165, 1.54) is 0 Å². The Labute approximate surface area is 80.4 Å². The minimum atomic E-state index is 0.0931. The van der Waals surface area contributed by atoms with Gasteiger partial charge in [-0.2, -0.15) is 0 Å². The van der Waals surface area contributed by atoms with Crippen LogP contribution < -0.4 is 5.73 Å². The lowest BCUT2D eigenvalue weighted by Gasteiger charge is -2.07. The van der Waals surface area contributed by atoms with Crippen molar-refractivity contribution in [2.75, 3.05) is 0 Å². The lowest BCUT2D eigenvalue weighted by molar-refractivity contribution is 0.475. The topological polar surface area (TPSA) is 46.2 Å². The van der Waals surface area contributed by atoms with Gasteiger partial charge in [0.15, 0.2) is 0 Å². The van der Waals surface area contributed by atoms with Crippen LogP contribution in [0.3, 0.4) is 0 Å². The molecular formula is C11H19NO. The highest BCUT2D eigenvalue weighted by Gasteiger charge is 2.01. The molecule has 0 spiro atoms. The summed E-state index contributed by atoms with van der Waals surface area (Å²) in [5, 5.41) is 8.97. The molecule has 0 saturated carbocycles. The van der Waals surface area contributed by atoms with Crippen LogP contribution in [0, 0.1) is 0 Å². The van der Waals surface area contributed by atoms with Gasteiger partial charge in [0.2, 0.25) is 0 Å². The molecule has 2 heteroatoms. The Morgan fingerprint density at radius 2 is 1.69 bits per heavy atom. The minimum Gasteiger partial charge on any atom is -0.508 e. The second-order valence-corrected chi connectivity index (χ2v) is 2.61. The Hall–Kier alpha value is -1.02. The quantitative estimate of drug-likeness (QED) is 0.737. The van der Waals surface area contributed by atoms with Crippen molar-refractivity contribution in [2.45, 2.75) is 33.2 Å². The average Bonchev–Trinajstić information content (AvgIpc) is 2.21. The highest BCUT2D eigenvalue weighted by Crippen LogP contribution is 2.16. The molecule has 1 atom stereocenters. The molecule has 0 aliphatic heterocycles. The first kappa shape index (κ1) is 12.0. The summed E-state index contributed by atoms with van der Waals surface area (Å²) in [6.45, 7) is 6.04. The smallest absolute Gasteiger partial charge is 0.115 e.